The third-order valence-electron chi connectivity index (χ3n) is 3.21. The number of nitrogens with zero attached hydrogens (tertiary/aromatic N) is 3. The Hall–Kier alpha value is -2.37. The van der Waals surface area contributed by atoms with Crippen LogP contribution in [0.25, 0.3) is 0 Å². The van der Waals surface area contributed by atoms with E-state index in [1.54, 1.807) is 17.1 Å². The minimum Gasteiger partial charge on any atom is -0.480 e. The number of hydrogen-bond acceptors (Lipinski definition) is 4. The highest BCUT2D eigenvalue weighted by atomic mass is 16.5. The normalized spacial score (nSPS) is 12.1. The number of carbonyl (C=O) groups excluding carboxylic acids is 1. The maximum Gasteiger partial charge on any atom is 0.261 e. The van der Waals surface area contributed by atoms with Crippen molar-refractivity contribution in [2.45, 2.75) is 32.9 Å². The smallest absolute Gasteiger partial charge is 0.261 e. The summed E-state index contributed by atoms with van der Waals surface area (Å²) in [7, 11) is 0. The third kappa shape index (κ3) is 4.87. The van der Waals surface area contributed by atoms with E-state index >= 15 is 0 Å². The Bertz CT molecular complexity index is 555. The van der Waals surface area contributed by atoms with Crippen molar-refractivity contribution in [2.75, 3.05) is 6.54 Å². The molecule has 2 rings (SSSR count). The van der Waals surface area contributed by atoms with E-state index in [1.807, 2.05) is 44.2 Å². The van der Waals surface area contributed by atoms with Crippen molar-refractivity contribution < 1.29 is 9.53 Å². The highest BCUT2D eigenvalue weighted by Gasteiger charge is 2.23. The Balaban J connectivity index is 1.79. The van der Waals surface area contributed by atoms with Crippen LogP contribution in [0, 0.1) is 5.92 Å². The Morgan fingerprint density at radius 1 is 1.32 bits per heavy atom. The number of aryl methyl sites for hydroxylation is 1. The summed E-state index contributed by atoms with van der Waals surface area (Å²) in [6.45, 7) is 5.26. The summed E-state index contributed by atoms with van der Waals surface area (Å²) < 4.78 is 7.54. The van der Waals surface area contributed by atoms with E-state index in [1.165, 1.54) is 0 Å². The van der Waals surface area contributed by atoms with Crippen LogP contribution in [-0.4, -0.2) is 33.5 Å². The van der Waals surface area contributed by atoms with Crippen molar-refractivity contribution in [2.24, 2.45) is 5.92 Å². The number of rotatable bonds is 8. The molecule has 1 atom stereocenters. The van der Waals surface area contributed by atoms with Crippen molar-refractivity contribution in [3.8, 4) is 5.75 Å². The number of aromatic nitrogens is 3. The second kappa shape index (κ2) is 8.17. The summed E-state index contributed by atoms with van der Waals surface area (Å²) in [5.41, 5.74) is 0. The first kappa shape index (κ1) is 16.0. The van der Waals surface area contributed by atoms with Gasteiger partial charge in [-0.2, -0.15) is 0 Å². The maximum absolute atomic E-state index is 12.3. The van der Waals surface area contributed by atoms with Crippen LogP contribution in [0.1, 0.15) is 20.3 Å². The first-order chi connectivity index (χ1) is 10.7. The van der Waals surface area contributed by atoms with Gasteiger partial charge in [-0.3, -0.25) is 9.48 Å². The van der Waals surface area contributed by atoms with Gasteiger partial charge in [0.15, 0.2) is 6.10 Å². The van der Waals surface area contributed by atoms with Crippen molar-refractivity contribution in [3.05, 3.63) is 42.7 Å². The molecule has 1 amide bonds. The van der Waals surface area contributed by atoms with E-state index in [0.717, 1.165) is 13.0 Å². The Kier molecular flexibility index (Phi) is 5.94. The van der Waals surface area contributed by atoms with Crippen LogP contribution in [0.15, 0.2) is 42.7 Å². The van der Waals surface area contributed by atoms with Crippen molar-refractivity contribution in [1.29, 1.82) is 0 Å². The van der Waals surface area contributed by atoms with Gasteiger partial charge >= 0.3 is 0 Å². The van der Waals surface area contributed by atoms with E-state index in [0.29, 0.717) is 12.3 Å². The predicted molar refractivity (Wildman–Crippen MR) is 83.3 cm³/mol. The van der Waals surface area contributed by atoms with Gasteiger partial charge in [-0.1, -0.05) is 37.3 Å². The highest BCUT2D eigenvalue weighted by Crippen LogP contribution is 2.15. The summed E-state index contributed by atoms with van der Waals surface area (Å²) in [4.78, 5) is 12.3. The minimum absolute atomic E-state index is 0.0857. The molecule has 0 aliphatic rings. The van der Waals surface area contributed by atoms with Gasteiger partial charge in [-0.05, 0) is 24.5 Å². The lowest BCUT2D eigenvalue weighted by Crippen LogP contribution is -2.42. The molecule has 0 saturated carbocycles. The average Bonchev–Trinajstić information content (AvgIpc) is 3.03. The van der Waals surface area contributed by atoms with Gasteiger partial charge in [0.05, 0.1) is 6.20 Å². The van der Waals surface area contributed by atoms with Gasteiger partial charge in [0.1, 0.15) is 5.75 Å². The third-order valence-corrected chi connectivity index (χ3v) is 3.21. The minimum atomic E-state index is -0.492. The molecule has 0 aliphatic carbocycles. The summed E-state index contributed by atoms with van der Waals surface area (Å²) in [6, 6.07) is 9.41. The Labute approximate surface area is 130 Å². The molecule has 0 radical (unpaired) electrons. The zero-order chi connectivity index (χ0) is 15.8. The van der Waals surface area contributed by atoms with E-state index < -0.39 is 6.10 Å². The molecule has 0 bridgehead atoms. The molecule has 1 aromatic heterocycles. The molecule has 6 heteroatoms. The molecule has 22 heavy (non-hydrogen) atoms. The quantitative estimate of drug-likeness (QED) is 0.756. The lowest BCUT2D eigenvalue weighted by Gasteiger charge is -2.21. The molecule has 118 valence electrons. The fraction of sp³-hybridized carbons (Fsp3) is 0.438. The predicted octanol–water partition coefficient (Wildman–Crippen LogP) is 1.89. The molecule has 0 aliphatic heterocycles. The summed E-state index contributed by atoms with van der Waals surface area (Å²) in [5.74, 6) is 0.715. The molecule has 1 N–H and O–H groups in total. The van der Waals surface area contributed by atoms with Crippen LogP contribution in [0.4, 0.5) is 0 Å². The molecular formula is C16H22N4O2. The monoisotopic (exact) mass is 302 g/mol. The van der Waals surface area contributed by atoms with Gasteiger partial charge in [0, 0.05) is 19.3 Å². The first-order valence-electron chi connectivity index (χ1n) is 7.50. The maximum atomic E-state index is 12.3. The van der Waals surface area contributed by atoms with Gasteiger partial charge < -0.3 is 10.1 Å². The summed E-state index contributed by atoms with van der Waals surface area (Å²) in [5, 5.41) is 10.5. The molecule has 1 unspecified atom stereocenters. The van der Waals surface area contributed by atoms with Gasteiger partial charge in [0.25, 0.3) is 5.91 Å². The molecule has 2 aromatic rings. The van der Waals surface area contributed by atoms with Crippen LogP contribution in [-0.2, 0) is 11.3 Å². The largest absolute Gasteiger partial charge is 0.480 e. The fourth-order valence-corrected chi connectivity index (χ4v) is 2.04. The zero-order valence-corrected chi connectivity index (χ0v) is 13.0. The van der Waals surface area contributed by atoms with E-state index in [9.17, 15) is 4.79 Å². The lowest BCUT2D eigenvalue weighted by molar-refractivity contribution is -0.129. The number of para-hydroxylation sites is 1. The van der Waals surface area contributed by atoms with Crippen LogP contribution < -0.4 is 10.1 Å². The van der Waals surface area contributed by atoms with Gasteiger partial charge in [-0.25, -0.2) is 0 Å². The molecule has 1 heterocycles. The molecule has 6 nitrogen and oxygen atoms in total. The number of amides is 1. The van der Waals surface area contributed by atoms with Crippen molar-refractivity contribution in [1.82, 2.24) is 20.3 Å². The number of carbonyl (C=O) groups is 1. The standard InChI is InChI=1S/C16H22N4O2/c1-13(2)15(22-14-7-4-3-5-8-14)16(21)17-9-6-11-20-12-10-18-19-20/h3-5,7-8,10,12-13,15H,6,9,11H2,1-2H3,(H,17,21). The van der Waals surface area contributed by atoms with Crippen molar-refractivity contribution in [3.63, 3.8) is 0 Å². The summed E-state index contributed by atoms with van der Waals surface area (Å²) in [6.07, 6.45) is 3.75. The van der Waals surface area contributed by atoms with Gasteiger partial charge in [0.2, 0.25) is 0 Å². The second-order valence-electron chi connectivity index (χ2n) is 5.41. The highest BCUT2D eigenvalue weighted by molar-refractivity contribution is 5.81. The Morgan fingerprint density at radius 2 is 2.09 bits per heavy atom. The lowest BCUT2D eigenvalue weighted by atomic mass is 10.1. The number of nitrogens with one attached hydrogen (secondary N) is 1. The van der Waals surface area contributed by atoms with Gasteiger partial charge in [-0.15, -0.1) is 5.10 Å². The first-order valence-corrected chi connectivity index (χ1v) is 7.50. The van der Waals surface area contributed by atoms with Crippen LogP contribution in [0.5, 0.6) is 5.75 Å². The topological polar surface area (TPSA) is 69.0 Å². The SMILES string of the molecule is CC(C)C(Oc1ccccc1)C(=O)NCCCn1ccnn1. The molecule has 0 fully saturated rings. The van der Waals surface area contributed by atoms with Crippen LogP contribution >= 0.6 is 0 Å². The number of benzene rings is 1. The van der Waals surface area contributed by atoms with E-state index in [4.69, 9.17) is 4.74 Å². The van der Waals surface area contributed by atoms with E-state index in [-0.39, 0.29) is 11.8 Å². The zero-order valence-electron chi connectivity index (χ0n) is 13.0. The Morgan fingerprint density at radius 3 is 2.73 bits per heavy atom. The van der Waals surface area contributed by atoms with E-state index in [2.05, 4.69) is 15.6 Å². The van der Waals surface area contributed by atoms with Crippen LogP contribution in [0.3, 0.4) is 0 Å². The summed E-state index contributed by atoms with van der Waals surface area (Å²) >= 11 is 0. The van der Waals surface area contributed by atoms with Crippen molar-refractivity contribution >= 4 is 5.91 Å². The average molecular weight is 302 g/mol. The number of ether oxygens (including phenoxy) is 1. The molecule has 0 saturated heterocycles. The number of hydrogen-bond donors (Lipinski definition) is 1. The second-order valence-corrected chi connectivity index (χ2v) is 5.41. The molecular weight excluding hydrogens is 280 g/mol. The molecule has 0 spiro atoms. The fourth-order valence-electron chi connectivity index (χ4n) is 2.04. The van der Waals surface area contributed by atoms with Crippen LogP contribution in [0.2, 0.25) is 0 Å². The molecule has 1 aromatic carbocycles.